The Balaban J connectivity index is 1.91. The normalized spacial score (nSPS) is 10.4. The average Bonchev–Trinajstić information content (AvgIpc) is 2.99. The summed E-state index contributed by atoms with van der Waals surface area (Å²) in [4.78, 5) is 4.40. The van der Waals surface area contributed by atoms with Gasteiger partial charge in [-0.3, -0.25) is 0 Å². The highest BCUT2D eigenvalue weighted by Gasteiger charge is 2.08. The molecule has 0 aliphatic rings. The van der Waals surface area contributed by atoms with E-state index in [0.717, 1.165) is 17.0 Å². The summed E-state index contributed by atoms with van der Waals surface area (Å²) < 4.78 is 2.03. The van der Waals surface area contributed by atoms with Crippen LogP contribution in [0, 0.1) is 11.3 Å². The molecule has 0 saturated carbocycles. The Labute approximate surface area is 138 Å². The van der Waals surface area contributed by atoms with Crippen molar-refractivity contribution >= 4 is 23.2 Å². The number of halogens is 2. The highest BCUT2D eigenvalue weighted by atomic mass is 35.5. The van der Waals surface area contributed by atoms with E-state index in [-0.39, 0.29) is 0 Å². The van der Waals surface area contributed by atoms with Crippen molar-refractivity contribution in [3.8, 4) is 17.5 Å². The third-order valence-electron chi connectivity index (χ3n) is 3.33. The summed E-state index contributed by atoms with van der Waals surface area (Å²) in [5.74, 6) is 0.822. The Kier molecular flexibility index (Phi) is 4.15. The van der Waals surface area contributed by atoms with Gasteiger partial charge in [0.2, 0.25) is 0 Å². The van der Waals surface area contributed by atoms with Crippen molar-refractivity contribution in [2.24, 2.45) is 0 Å². The molecule has 0 amide bonds. The summed E-state index contributed by atoms with van der Waals surface area (Å²) in [5.41, 5.74) is 2.66. The Morgan fingerprint density at radius 1 is 1.05 bits per heavy atom. The SMILES string of the molecule is N#Cc1ccc(Cn2ccnc2-c2ccc(Cl)c(Cl)c2)cc1. The fraction of sp³-hybridized carbons (Fsp3) is 0.0588. The van der Waals surface area contributed by atoms with Gasteiger partial charge < -0.3 is 4.57 Å². The first-order valence-electron chi connectivity index (χ1n) is 6.63. The molecule has 0 fully saturated rings. The molecule has 0 saturated heterocycles. The van der Waals surface area contributed by atoms with Gasteiger partial charge in [0.15, 0.2) is 0 Å². The van der Waals surface area contributed by atoms with Gasteiger partial charge in [-0.1, -0.05) is 35.3 Å². The van der Waals surface area contributed by atoms with Crippen molar-refractivity contribution in [1.82, 2.24) is 9.55 Å². The Morgan fingerprint density at radius 3 is 2.50 bits per heavy atom. The molecule has 3 aromatic rings. The van der Waals surface area contributed by atoms with E-state index in [9.17, 15) is 0 Å². The van der Waals surface area contributed by atoms with E-state index >= 15 is 0 Å². The summed E-state index contributed by atoms with van der Waals surface area (Å²) in [6.45, 7) is 0.668. The van der Waals surface area contributed by atoms with Gasteiger partial charge in [0, 0.05) is 24.5 Å². The van der Waals surface area contributed by atoms with Crippen molar-refractivity contribution in [3.05, 3.63) is 76.0 Å². The lowest BCUT2D eigenvalue weighted by atomic mass is 10.1. The lowest BCUT2D eigenvalue weighted by Gasteiger charge is -2.09. The van der Waals surface area contributed by atoms with Crippen LogP contribution in [0.4, 0.5) is 0 Å². The first kappa shape index (κ1) is 14.6. The summed E-state index contributed by atoms with van der Waals surface area (Å²) in [6, 6.07) is 15.1. The van der Waals surface area contributed by atoms with Gasteiger partial charge in [0.05, 0.1) is 21.7 Å². The highest BCUT2D eigenvalue weighted by molar-refractivity contribution is 6.42. The molecule has 108 valence electrons. The van der Waals surface area contributed by atoms with E-state index in [1.807, 2.05) is 47.2 Å². The maximum Gasteiger partial charge on any atom is 0.140 e. The maximum atomic E-state index is 8.84. The molecule has 1 heterocycles. The summed E-state index contributed by atoms with van der Waals surface area (Å²) >= 11 is 12.0. The number of rotatable bonds is 3. The van der Waals surface area contributed by atoms with Gasteiger partial charge in [-0.05, 0) is 35.9 Å². The van der Waals surface area contributed by atoms with E-state index in [4.69, 9.17) is 28.5 Å². The number of nitrogens with zero attached hydrogens (tertiary/aromatic N) is 3. The molecule has 0 aliphatic carbocycles. The number of nitriles is 1. The van der Waals surface area contributed by atoms with Crippen molar-refractivity contribution in [1.29, 1.82) is 5.26 Å². The number of benzene rings is 2. The van der Waals surface area contributed by atoms with Gasteiger partial charge >= 0.3 is 0 Å². The van der Waals surface area contributed by atoms with Crippen LogP contribution >= 0.6 is 23.2 Å². The fourth-order valence-electron chi connectivity index (χ4n) is 2.21. The molecule has 22 heavy (non-hydrogen) atoms. The number of imidazole rings is 1. The van der Waals surface area contributed by atoms with Crippen LogP contribution in [-0.4, -0.2) is 9.55 Å². The zero-order valence-corrected chi connectivity index (χ0v) is 13.0. The largest absolute Gasteiger partial charge is 0.327 e. The third kappa shape index (κ3) is 2.99. The fourth-order valence-corrected chi connectivity index (χ4v) is 2.51. The first-order chi connectivity index (χ1) is 10.7. The molecule has 0 aliphatic heterocycles. The van der Waals surface area contributed by atoms with Crippen LogP contribution in [0.1, 0.15) is 11.1 Å². The minimum absolute atomic E-state index is 0.507. The topological polar surface area (TPSA) is 41.6 Å². The van der Waals surface area contributed by atoms with E-state index in [0.29, 0.717) is 22.2 Å². The van der Waals surface area contributed by atoms with Crippen LogP contribution < -0.4 is 0 Å². The Morgan fingerprint density at radius 2 is 1.82 bits per heavy atom. The zero-order valence-electron chi connectivity index (χ0n) is 11.5. The molecular weight excluding hydrogens is 317 g/mol. The summed E-state index contributed by atoms with van der Waals surface area (Å²) in [5, 5.41) is 9.87. The monoisotopic (exact) mass is 327 g/mol. The van der Waals surface area contributed by atoms with Crippen molar-refractivity contribution in [3.63, 3.8) is 0 Å². The molecule has 5 heteroatoms. The number of hydrogen-bond donors (Lipinski definition) is 0. The van der Waals surface area contributed by atoms with Crippen molar-refractivity contribution in [2.45, 2.75) is 6.54 Å². The summed E-state index contributed by atoms with van der Waals surface area (Å²) in [7, 11) is 0. The second kappa shape index (κ2) is 6.23. The van der Waals surface area contributed by atoms with Crippen LogP contribution in [0.3, 0.4) is 0 Å². The van der Waals surface area contributed by atoms with Crippen molar-refractivity contribution in [2.75, 3.05) is 0 Å². The third-order valence-corrected chi connectivity index (χ3v) is 4.07. The molecule has 0 bridgehead atoms. The zero-order chi connectivity index (χ0) is 15.5. The van der Waals surface area contributed by atoms with E-state index < -0.39 is 0 Å². The maximum absolute atomic E-state index is 8.84. The van der Waals surface area contributed by atoms with E-state index in [2.05, 4.69) is 11.1 Å². The second-order valence-corrected chi connectivity index (χ2v) is 5.63. The van der Waals surface area contributed by atoms with Crippen LogP contribution in [-0.2, 0) is 6.54 Å². The minimum Gasteiger partial charge on any atom is -0.327 e. The Bertz CT molecular complexity index is 845. The van der Waals surface area contributed by atoms with E-state index in [1.165, 1.54) is 0 Å². The molecule has 3 nitrogen and oxygen atoms in total. The van der Waals surface area contributed by atoms with Gasteiger partial charge in [-0.25, -0.2) is 4.98 Å². The summed E-state index contributed by atoms with van der Waals surface area (Å²) in [6.07, 6.45) is 3.66. The van der Waals surface area contributed by atoms with E-state index in [1.54, 1.807) is 12.3 Å². The molecular formula is C17H11Cl2N3. The van der Waals surface area contributed by atoms with Gasteiger partial charge in [-0.15, -0.1) is 0 Å². The van der Waals surface area contributed by atoms with Crippen LogP contribution in [0.15, 0.2) is 54.9 Å². The van der Waals surface area contributed by atoms with Crippen LogP contribution in [0.5, 0.6) is 0 Å². The average molecular weight is 328 g/mol. The molecule has 2 aromatic carbocycles. The second-order valence-electron chi connectivity index (χ2n) is 4.82. The molecule has 1 aromatic heterocycles. The molecule has 0 N–H and O–H groups in total. The molecule has 0 atom stereocenters. The molecule has 3 rings (SSSR count). The van der Waals surface area contributed by atoms with Crippen LogP contribution in [0.25, 0.3) is 11.4 Å². The highest BCUT2D eigenvalue weighted by Crippen LogP contribution is 2.28. The lowest BCUT2D eigenvalue weighted by molar-refractivity contribution is 0.807. The van der Waals surface area contributed by atoms with Crippen LogP contribution in [0.2, 0.25) is 10.0 Å². The number of aromatic nitrogens is 2. The standard InChI is InChI=1S/C17H11Cl2N3/c18-15-6-5-14(9-16(15)19)17-21-7-8-22(17)11-13-3-1-12(10-20)2-4-13/h1-9H,11H2. The smallest absolute Gasteiger partial charge is 0.140 e. The van der Waals surface area contributed by atoms with Gasteiger partial charge in [0.1, 0.15) is 5.82 Å². The minimum atomic E-state index is 0.507. The lowest BCUT2D eigenvalue weighted by Crippen LogP contribution is -2.01. The molecule has 0 unspecified atom stereocenters. The quantitative estimate of drug-likeness (QED) is 0.694. The molecule has 0 spiro atoms. The molecule has 0 radical (unpaired) electrons. The first-order valence-corrected chi connectivity index (χ1v) is 7.38. The number of hydrogen-bond acceptors (Lipinski definition) is 2. The Hall–Kier alpha value is -2.28. The predicted octanol–water partition coefficient (Wildman–Crippen LogP) is 4.78. The van der Waals surface area contributed by atoms with Crippen molar-refractivity contribution < 1.29 is 0 Å². The van der Waals surface area contributed by atoms with Gasteiger partial charge in [-0.2, -0.15) is 5.26 Å². The predicted molar refractivity (Wildman–Crippen MR) is 87.9 cm³/mol. The van der Waals surface area contributed by atoms with Gasteiger partial charge in [0.25, 0.3) is 0 Å².